The normalized spacial score (nSPS) is 10.3. The third kappa shape index (κ3) is 3.35. The Kier molecular flexibility index (Phi) is 4.95. The highest BCUT2D eigenvalue weighted by atomic mass is 16.7. The van der Waals surface area contributed by atoms with Gasteiger partial charge in [0.25, 0.3) is 0 Å². The van der Waals surface area contributed by atoms with Crippen LogP contribution in [-0.4, -0.2) is 17.6 Å². The van der Waals surface area contributed by atoms with Gasteiger partial charge in [0.05, 0.1) is 0 Å². The summed E-state index contributed by atoms with van der Waals surface area (Å²) in [7, 11) is 3.15. The Morgan fingerprint density at radius 3 is 2.59 bits per heavy atom. The van der Waals surface area contributed by atoms with Crippen molar-refractivity contribution in [2.45, 2.75) is 13.5 Å². The van der Waals surface area contributed by atoms with Gasteiger partial charge in [-0.1, -0.05) is 30.3 Å². The van der Waals surface area contributed by atoms with E-state index in [9.17, 15) is 9.59 Å². The van der Waals surface area contributed by atoms with Gasteiger partial charge >= 0.3 is 5.97 Å². The number of benzene rings is 1. The summed E-state index contributed by atoms with van der Waals surface area (Å²) >= 11 is 0. The van der Waals surface area contributed by atoms with Crippen molar-refractivity contribution in [1.82, 2.24) is 10.0 Å². The molecule has 0 unspecified atom stereocenters. The van der Waals surface area contributed by atoms with Crippen molar-refractivity contribution in [2.24, 2.45) is 7.05 Å². The van der Waals surface area contributed by atoms with E-state index in [4.69, 9.17) is 9.57 Å². The average molecular weight is 302 g/mol. The topological polar surface area (TPSA) is 69.6 Å². The number of rotatable bonds is 5. The maximum atomic E-state index is 12.2. The first kappa shape index (κ1) is 15.8. The molecule has 0 spiro atoms. The largest absolute Gasteiger partial charge is 0.482 e. The molecule has 116 valence electrons. The molecule has 0 saturated carbocycles. The van der Waals surface area contributed by atoms with Gasteiger partial charge in [-0.15, -0.1) is 0 Å². The van der Waals surface area contributed by atoms with Crippen LogP contribution in [0.5, 0.6) is 5.75 Å². The number of aromatic nitrogens is 1. The number of hydrogen-bond acceptors (Lipinski definition) is 5. The molecule has 0 radical (unpaired) electrons. The lowest BCUT2D eigenvalue weighted by Gasteiger charge is -2.15. The molecular formula is C16H18N2O4. The summed E-state index contributed by atoms with van der Waals surface area (Å²) in [4.78, 5) is 29.0. The summed E-state index contributed by atoms with van der Waals surface area (Å²) in [5.74, 6) is -0.689. The molecule has 0 atom stereocenters. The lowest BCUT2D eigenvalue weighted by Crippen LogP contribution is -2.25. The van der Waals surface area contributed by atoms with Gasteiger partial charge in [-0.25, -0.2) is 4.79 Å². The summed E-state index contributed by atoms with van der Waals surface area (Å²) in [6, 6.07) is 10.8. The fraction of sp³-hybridized carbons (Fsp3) is 0.250. The monoisotopic (exact) mass is 302 g/mol. The van der Waals surface area contributed by atoms with E-state index in [1.807, 2.05) is 30.3 Å². The maximum absolute atomic E-state index is 12.2. The fourth-order valence-corrected chi connectivity index (χ4v) is 2.04. The quantitative estimate of drug-likeness (QED) is 0.849. The van der Waals surface area contributed by atoms with E-state index in [0.717, 1.165) is 5.56 Å². The lowest BCUT2D eigenvalue weighted by molar-refractivity contribution is 0.0291. The van der Waals surface area contributed by atoms with Crippen LogP contribution in [0.25, 0.3) is 0 Å². The Morgan fingerprint density at radius 1 is 1.27 bits per heavy atom. The Bertz CT molecular complexity index is 723. The summed E-state index contributed by atoms with van der Waals surface area (Å²) in [6.45, 7) is 1.93. The summed E-state index contributed by atoms with van der Waals surface area (Å²) < 4.78 is 7.17. The Morgan fingerprint density at radius 2 is 1.95 bits per heavy atom. The van der Waals surface area contributed by atoms with Crippen LogP contribution >= 0.6 is 0 Å². The van der Waals surface area contributed by atoms with Crippen LogP contribution in [0, 0.1) is 6.92 Å². The first-order valence-corrected chi connectivity index (χ1v) is 6.80. The number of pyridine rings is 1. The van der Waals surface area contributed by atoms with Crippen LogP contribution in [-0.2, 0) is 18.5 Å². The molecule has 1 aromatic heterocycles. The number of nitrogens with one attached hydrogen (secondary N) is 1. The van der Waals surface area contributed by atoms with E-state index in [-0.39, 0.29) is 23.5 Å². The van der Waals surface area contributed by atoms with Gasteiger partial charge in [0.2, 0.25) is 5.43 Å². The van der Waals surface area contributed by atoms with Crippen LogP contribution in [0.1, 0.15) is 21.7 Å². The molecule has 1 aromatic carbocycles. The SMILES string of the molecule is CNOC(=O)c1c(OCc2ccccc2)c(=O)cc(C)n1C. The molecule has 0 aliphatic heterocycles. The highest BCUT2D eigenvalue weighted by molar-refractivity contribution is 5.90. The summed E-state index contributed by atoms with van der Waals surface area (Å²) in [6.07, 6.45) is 0. The van der Waals surface area contributed by atoms with E-state index < -0.39 is 5.97 Å². The van der Waals surface area contributed by atoms with E-state index in [1.54, 1.807) is 18.5 Å². The molecule has 1 N–H and O–H groups in total. The Labute approximate surface area is 128 Å². The zero-order valence-electron chi connectivity index (χ0n) is 12.8. The molecule has 2 aromatic rings. The highest BCUT2D eigenvalue weighted by Gasteiger charge is 2.22. The van der Waals surface area contributed by atoms with Crippen LogP contribution in [0.2, 0.25) is 0 Å². The summed E-state index contributed by atoms with van der Waals surface area (Å²) in [5.41, 5.74) is 3.58. The first-order chi connectivity index (χ1) is 10.5. The molecule has 0 bridgehead atoms. The van der Waals surface area contributed by atoms with Crippen LogP contribution in [0.15, 0.2) is 41.2 Å². The minimum absolute atomic E-state index is 0.0165. The van der Waals surface area contributed by atoms with Gasteiger partial charge in [-0.05, 0) is 12.5 Å². The van der Waals surface area contributed by atoms with E-state index in [2.05, 4.69) is 5.48 Å². The van der Waals surface area contributed by atoms with E-state index in [1.165, 1.54) is 13.1 Å². The van der Waals surface area contributed by atoms with Gasteiger partial charge in [0, 0.05) is 25.9 Å². The van der Waals surface area contributed by atoms with Crippen molar-refractivity contribution in [3.63, 3.8) is 0 Å². The summed E-state index contributed by atoms with van der Waals surface area (Å²) in [5, 5.41) is 0. The highest BCUT2D eigenvalue weighted by Crippen LogP contribution is 2.17. The molecule has 0 amide bonds. The molecule has 6 nitrogen and oxygen atoms in total. The van der Waals surface area contributed by atoms with Crippen molar-refractivity contribution in [3.05, 3.63) is 63.6 Å². The van der Waals surface area contributed by atoms with Crippen molar-refractivity contribution < 1.29 is 14.4 Å². The smallest absolute Gasteiger partial charge is 0.377 e. The number of hydrogen-bond donors (Lipinski definition) is 1. The van der Waals surface area contributed by atoms with Crippen molar-refractivity contribution in [1.29, 1.82) is 0 Å². The third-order valence-corrected chi connectivity index (χ3v) is 3.26. The Balaban J connectivity index is 2.39. The predicted molar refractivity (Wildman–Crippen MR) is 81.7 cm³/mol. The molecular weight excluding hydrogens is 284 g/mol. The third-order valence-electron chi connectivity index (χ3n) is 3.26. The molecule has 1 heterocycles. The van der Waals surface area contributed by atoms with Crippen molar-refractivity contribution in [2.75, 3.05) is 7.05 Å². The second kappa shape index (κ2) is 6.91. The molecule has 6 heteroatoms. The number of hydroxylamine groups is 1. The van der Waals surface area contributed by atoms with Gasteiger partial charge in [-0.3, -0.25) is 4.79 Å². The van der Waals surface area contributed by atoms with Gasteiger partial charge in [0.15, 0.2) is 11.4 Å². The van der Waals surface area contributed by atoms with Crippen LogP contribution < -0.4 is 15.6 Å². The minimum atomic E-state index is -0.672. The number of nitrogens with zero attached hydrogens (tertiary/aromatic N) is 1. The Hall–Kier alpha value is -2.60. The fourth-order valence-electron chi connectivity index (χ4n) is 2.04. The minimum Gasteiger partial charge on any atom is -0.482 e. The molecule has 22 heavy (non-hydrogen) atoms. The number of carbonyl (C=O) groups excluding carboxylic acids is 1. The van der Waals surface area contributed by atoms with Gasteiger partial charge in [-0.2, -0.15) is 5.48 Å². The zero-order valence-corrected chi connectivity index (χ0v) is 12.8. The number of carbonyl (C=O) groups is 1. The maximum Gasteiger partial charge on any atom is 0.377 e. The number of ether oxygens (including phenoxy) is 1. The van der Waals surface area contributed by atoms with Crippen molar-refractivity contribution in [3.8, 4) is 5.75 Å². The molecule has 0 fully saturated rings. The molecule has 2 rings (SSSR count). The first-order valence-electron chi connectivity index (χ1n) is 6.80. The van der Waals surface area contributed by atoms with E-state index in [0.29, 0.717) is 5.69 Å². The molecule has 0 aliphatic carbocycles. The second-order valence-corrected chi connectivity index (χ2v) is 4.75. The van der Waals surface area contributed by atoms with Crippen LogP contribution in [0.3, 0.4) is 0 Å². The van der Waals surface area contributed by atoms with Gasteiger partial charge in [0.1, 0.15) is 6.61 Å². The second-order valence-electron chi connectivity index (χ2n) is 4.75. The van der Waals surface area contributed by atoms with Crippen molar-refractivity contribution >= 4 is 5.97 Å². The average Bonchev–Trinajstić information content (AvgIpc) is 2.50. The standard InChI is InChI=1S/C16H18N2O4/c1-11-9-13(19)15(14(18(11)3)16(20)22-17-2)21-10-12-7-5-4-6-8-12/h4-9,17H,10H2,1-3H3. The van der Waals surface area contributed by atoms with E-state index >= 15 is 0 Å². The molecule has 0 aliphatic rings. The predicted octanol–water partition coefficient (Wildman–Crippen LogP) is 1.56. The van der Waals surface area contributed by atoms with Crippen LogP contribution in [0.4, 0.5) is 0 Å². The lowest BCUT2D eigenvalue weighted by atomic mass is 10.2. The van der Waals surface area contributed by atoms with Gasteiger partial charge < -0.3 is 14.1 Å². The zero-order chi connectivity index (χ0) is 16.1. The molecule has 0 saturated heterocycles. The number of aryl methyl sites for hydroxylation is 1.